The molecule has 4 rings (SSSR count). The van der Waals surface area contributed by atoms with E-state index in [1.807, 2.05) is 4.90 Å². The third-order valence-electron chi connectivity index (χ3n) is 5.11. The van der Waals surface area contributed by atoms with Crippen molar-refractivity contribution in [1.82, 2.24) is 15.0 Å². The van der Waals surface area contributed by atoms with E-state index in [2.05, 4.69) is 20.3 Å². The van der Waals surface area contributed by atoms with Gasteiger partial charge in [-0.1, -0.05) is 18.2 Å². The van der Waals surface area contributed by atoms with Crippen molar-refractivity contribution in [2.75, 3.05) is 23.3 Å². The van der Waals surface area contributed by atoms with Crippen molar-refractivity contribution in [3.05, 3.63) is 57.4 Å². The van der Waals surface area contributed by atoms with Crippen molar-refractivity contribution in [3.63, 3.8) is 0 Å². The number of anilines is 2. The summed E-state index contributed by atoms with van der Waals surface area (Å²) in [6.45, 7) is 4.94. The topological polar surface area (TPSA) is 73.9 Å². The summed E-state index contributed by atoms with van der Waals surface area (Å²) in [4.78, 5) is 25.8. The average molecular weight is 403 g/mol. The molecule has 1 aliphatic heterocycles. The molecule has 9 heteroatoms. The summed E-state index contributed by atoms with van der Waals surface area (Å²) in [6, 6.07) is 5.02. The zero-order valence-corrected chi connectivity index (χ0v) is 16.0. The minimum Gasteiger partial charge on any atom is -0.367 e. The first kappa shape index (κ1) is 19.2. The first-order valence-corrected chi connectivity index (χ1v) is 9.34. The zero-order valence-electron chi connectivity index (χ0n) is 16.0. The van der Waals surface area contributed by atoms with Crippen LogP contribution in [0.5, 0.6) is 0 Å². The Hall–Kier alpha value is -3.10. The van der Waals surface area contributed by atoms with Crippen LogP contribution in [-0.2, 0) is 0 Å². The highest BCUT2D eigenvalue weighted by atomic mass is 19.3. The molecule has 2 N–H and O–H groups in total. The molecular formula is C20H20F3N5O. The van der Waals surface area contributed by atoms with Gasteiger partial charge in [0.15, 0.2) is 0 Å². The van der Waals surface area contributed by atoms with Gasteiger partial charge in [-0.3, -0.25) is 4.79 Å². The van der Waals surface area contributed by atoms with E-state index in [4.69, 9.17) is 0 Å². The minimum absolute atomic E-state index is 0.111. The van der Waals surface area contributed by atoms with E-state index in [9.17, 15) is 18.0 Å². The van der Waals surface area contributed by atoms with Gasteiger partial charge >= 0.3 is 0 Å². The fourth-order valence-corrected chi connectivity index (χ4v) is 3.44. The Balaban J connectivity index is 1.76. The second kappa shape index (κ2) is 7.38. The summed E-state index contributed by atoms with van der Waals surface area (Å²) in [5.41, 5.74) is 0.134. The van der Waals surface area contributed by atoms with E-state index in [1.54, 1.807) is 19.9 Å². The largest absolute Gasteiger partial charge is 0.367 e. The first-order valence-electron chi connectivity index (χ1n) is 9.34. The Morgan fingerprint density at radius 2 is 1.93 bits per heavy atom. The van der Waals surface area contributed by atoms with Crippen molar-refractivity contribution in [1.29, 1.82) is 0 Å². The molecule has 0 aliphatic carbocycles. The molecule has 1 aliphatic rings. The third kappa shape index (κ3) is 3.52. The average Bonchev–Trinajstić information content (AvgIpc) is 2.61. The van der Waals surface area contributed by atoms with Crippen molar-refractivity contribution < 1.29 is 13.2 Å². The van der Waals surface area contributed by atoms with Crippen LogP contribution in [0, 0.1) is 12.7 Å². The van der Waals surface area contributed by atoms with Gasteiger partial charge in [0.25, 0.3) is 12.0 Å². The molecular weight excluding hydrogens is 383 g/mol. The molecule has 0 spiro atoms. The second-order valence-electron chi connectivity index (χ2n) is 7.12. The maximum atomic E-state index is 14.5. The van der Waals surface area contributed by atoms with Crippen LogP contribution in [0.1, 0.15) is 42.8 Å². The van der Waals surface area contributed by atoms with Crippen molar-refractivity contribution in [3.8, 4) is 0 Å². The molecule has 6 nitrogen and oxygen atoms in total. The van der Waals surface area contributed by atoms with E-state index in [0.29, 0.717) is 28.4 Å². The van der Waals surface area contributed by atoms with Gasteiger partial charge in [0.2, 0.25) is 0 Å². The van der Waals surface area contributed by atoms with Crippen molar-refractivity contribution in [2.24, 2.45) is 0 Å². The maximum absolute atomic E-state index is 14.5. The lowest BCUT2D eigenvalue weighted by Crippen LogP contribution is -2.40. The van der Waals surface area contributed by atoms with E-state index >= 15 is 0 Å². The predicted octanol–water partition coefficient (Wildman–Crippen LogP) is 4.09. The molecule has 1 saturated heterocycles. The summed E-state index contributed by atoms with van der Waals surface area (Å²) in [5, 5.41) is 3.67. The molecule has 2 aromatic heterocycles. The van der Waals surface area contributed by atoms with Crippen LogP contribution in [-0.4, -0.2) is 28.0 Å². The smallest absolute Gasteiger partial charge is 0.273 e. The number of halogens is 3. The van der Waals surface area contributed by atoms with Gasteiger partial charge in [-0.15, -0.1) is 0 Å². The van der Waals surface area contributed by atoms with Crippen molar-refractivity contribution in [2.45, 2.75) is 32.7 Å². The van der Waals surface area contributed by atoms with E-state index in [0.717, 1.165) is 25.6 Å². The molecule has 1 fully saturated rings. The number of aromatic nitrogens is 3. The lowest BCUT2D eigenvalue weighted by Gasteiger charge is -2.32. The molecule has 0 radical (unpaired) electrons. The molecule has 3 heterocycles. The number of hydrogen-bond acceptors (Lipinski definition) is 5. The number of pyridine rings is 1. The third-order valence-corrected chi connectivity index (χ3v) is 5.11. The van der Waals surface area contributed by atoms with E-state index in [1.165, 1.54) is 12.1 Å². The molecule has 0 unspecified atom stereocenters. The Labute approximate surface area is 164 Å². The van der Waals surface area contributed by atoms with Gasteiger partial charge < -0.3 is 15.2 Å². The molecule has 0 bridgehead atoms. The fourth-order valence-electron chi connectivity index (χ4n) is 3.44. The second-order valence-corrected chi connectivity index (χ2v) is 7.12. The zero-order chi connectivity index (χ0) is 20.7. The monoisotopic (exact) mass is 403 g/mol. The van der Waals surface area contributed by atoms with Gasteiger partial charge in [0, 0.05) is 18.7 Å². The van der Waals surface area contributed by atoms with E-state index in [-0.39, 0.29) is 11.1 Å². The number of nitrogens with zero attached hydrogens (tertiary/aromatic N) is 3. The van der Waals surface area contributed by atoms with Crippen LogP contribution in [0.4, 0.5) is 24.7 Å². The fraction of sp³-hybridized carbons (Fsp3) is 0.350. The van der Waals surface area contributed by atoms with Gasteiger partial charge in [-0.05, 0) is 26.3 Å². The molecule has 29 heavy (non-hydrogen) atoms. The number of aromatic amines is 1. The molecule has 1 aromatic carbocycles. The molecule has 0 amide bonds. The van der Waals surface area contributed by atoms with E-state index < -0.39 is 23.8 Å². The van der Waals surface area contributed by atoms with Crippen LogP contribution < -0.4 is 15.8 Å². The Morgan fingerprint density at radius 3 is 2.59 bits per heavy atom. The number of fused-ring (bicyclic) bond motifs is 1. The Bertz CT molecular complexity index is 1130. The van der Waals surface area contributed by atoms with Crippen LogP contribution in [0.25, 0.3) is 11.0 Å². The number of rotatable bonds is 5. The number of aryl methyl sites for hydroxylation is 1. The quantitative estimate of drug-likeness (QED) is 0.671. The minimum atomic E-state index is -2.89. The summed E-state index contributed by atoms with van der Waals surface area (Å²) >= 11 is 0. The molecule has 152 valence electrons. The van der Waals surface area contributed by atoms with Gasteiger partial charge in [-0.25, -0.2) is 23.1 Å². The van der Waals surface area contributed by atoms with Gasteiger partial charge in [0.05, 0.1) is 17.0 Å². The van der Waals surface area contributed by atoms with Crippen LogP contribution in [0.2, 0.25) is 0 Å². The standard InChI is InChI=1S/C20H20F3N5O/c1-10(12-5-3-6-13(16(12)21)17(22)23)24-18-14-9-15(28-7-4-8-28)20(29)27-19(14)26-11(2)25-18/h3,5-6,9-10,17H,4,7-8H2,1-2H3,(H2,24,25,26,27,29)/t10-/m1/s1. The first-order chi connectivity index (χ1) is 13.8. The predicted molar refractivity (Wildman–Crippen MR) is 105 cm³/mol. The summed E-state index contributed by atoms with van der Waals surface area (Å²) in [7, 11) is 0. The Morgan fingerprint density at radius 1 is 1.21 bits per heavy atom. The highest BCUT2D eigenvalue weighted by Crippen LogP contribution is 2.30. The normalized spacial score (nSPS) is 14.9. The highest BCUT2D eigenvalue weighted by Gasteiger charge is 2.22. The lowest BCUT2D eigenvalue weighted by molar-refractivity contribution is 0.146. The van der Waals surface area contributed by atoms with Gasteiger partial charge in [-0.2, -0.15) is 0 Å². The number of H-pyrrole nitrogens is 1. The van der Waals surface area contributed by atoms with Gasteiger partial charge in [0.1, 0.15) is 28.8 Å². The summed E-state index contributed by atoms with van der Waals surface area (Å²) in [6.07, 6.45) is -1.88. The lowest BCUT2D eigenvalue weighted by atomic mass is 10.0. The van der Waals surface area contributed by atoms with Crippen LogP contribution in [0.15, 0.2) is 29.1 Å². The SMILES string of the molecule is Cc1nc(N[C@H](C)c2cccc(C(F)F)c2F)c2cc(N3CCC3)c(=O)[nH]c2n1. The molecule has 3 aromatic rings. The van der Waals surface area contributed by atoms with Crippen LogP contribution in [0.3, 0.4) is 0 Å². The maximum Gasteiger partial charge on any atom is 0.273 e. The number of benzene rings is 1. The van der Waals surface area contributed by atoms with Crippen LogP contribution >= 0.6 is 0 Å². The Kier molecular flexibility index (Phi) is 4.89. The molecule has 1 atom stereocenters. The number of alkyl halides is 2. The van der Waals surface area contributed by atoms with Crippen molar-refractivity contribution >= 4 is 22.5 Å². The summed E-state index contributed by atoms with van der Waals surface area (Å²) < 4.78 is 40.6. The number of nitrogens with one attached hydrogen (secondary N) is 2. The number of hydrogen-bond donors (Lipinski definition) is 2. The highest BCUT2D eigenvalue weighted by molar-refractivity contribution is 5.89. The molecule has 0 saturated carbocycles. The summed E-state index contributed by atoms with van der Waals surface area (Å²) in [5.74, 6) is -0.117.